The third kappa shape index (κ3) is 7.26. The van der Waals surface area contributed by atoms with Crippen molar-refractivity contribution in [2.24, 2.45) is 15.1 Å². The number of sulfonamides is 1. The lowest BCUT2D eigenvalue weighted by Gasteiger charge is -2.25. The summed E-state index contributed by atoms with van der Waals surface area (Å²) < 4.78 is 22.8. The Kier molecular flexibility index (Phi) is 9.39. The number of hydrogen-bond acceptors (Lipinski definition) is 8. The van der Waals surface area contributed by atoms with Crippen molar-refractivity contribution in [2.75, 3.05) is 12.3 Å². The number of nitrogens with two attached hydrogens (primary N) is 1. The second-order valence-corrected chi connectivity index (χ2v) is 13.1. The number of para-hydroxylation sites is 1. The lowest BCUT2D eigenvalue weighted by atomic mass is 9.95. The number of benzene rings is 2. The molecule has 0 saturated heterocycles. The van der Waals surface area contributed by atoms with E-state index in [4.69, 9.17) is 10.1 Å². The number of nitrogens with zero attached hydrogens (tertiary/aromatic N) is 3. The Morgan fingerprint density at radius 1 is 1.02 bits per heavy atom. The molecule has 1 saturated carbocycles. The fourth-order valence-electron chi connectivity index (χ4n) is 5.27. The molecule has 1 fully saturated rings. The summed E-state index contributed by atoms with van der Waals surface area (Å²) in [5.74, 6) is -0.00499. The second kappa shape index (κ2) is 13.2. The maximum atomic E-state index is 13.5. The summed E-state index contributed by atoms with van der Waals surface area (Å²) in [5, 5.41) is 11.4. The molecule has 2 heterocycles. The van der Waals surface area contributed by atoms with Crippen LogP contribution in [0, 0.1) is 0 Å². The van der Waals surface area contributed by atoms with Crippen molar-refractivity contribution in [3.63, 3.8) is 0 Å². The predicted octanol–water partition coefficient (Wildman–Crippen LogP) is 2.61. The van der Waals surface area contributed by atoms with Gasteiger partial charge in [-0.3, -0.25) is 19.4 Å². The molecule has 0 unspecified atom stereocenters. The topological polar surface area (TPSA) is 163 Å². The van der Waals surface area contributed by atoms with Crippen molar-refractivity contribution < 1.29 is 22.8 Å². The number of rotatable bonds is 10. The first-order valence-corrected chi connectivity index (χ1v) is 16.6. The number of aliphatic imine (C=N–C) groups is 2. The van der Waals surface area contributed by atoms with Crippen LogP contribution in [-0.4, -0.2) is 66.4 Å². The highest BCUT2D eigenvalue weighted by Crippen LogP contribution is 2.34. The molecular weight excluding hydrogens is 576 g/mol. The average Bonchev–Trinajstić information content (AvgIpc) is 3.31. The minimum absolute atomic E-state index is 0.0332. The monoisotopic (exact) mass is 610 g/mol. The molecule has 3 amide bonds. The minimum atomic E-state index is -3.75. The third-order valence-corrected chi connectivity index (χ3v) is 9.35. The van der Waals surface area contributed by atoms with Crippen LogP contribution in [0.2, 0.25) is 0 Å². The Balaban J connectivity index is 1.16. The fraction of sp³-hybridized carbons (Fsp3) is 0.414. The number of carbonyl (C=O) groups excluding carboxylic acids is 3. The lowest BCUT2D eigenvalue weighted by Crippen LogP contribution is -2.42. The Labute approximate surface area is 249 Å². The molecule has 4 N–H and O–H groups in total. The van der Waals surface area contributed by atoms with Gasteiger partial charge >= 0.3 is 0 Å². The van der Waals surface area contributed by atoms with Gasteiger partial charge < -0.3 is 10.6 Å². The molecule has 13 heteroatoms. The summed E-state index contributed by atoms with van der Waals surface area (Å²) >= 11 is 1.15. The maximum absolute atomic E-state index is 13.5. The van der Waals surface area contributed by atoms with Crippen molar-refractivity contribution >= 4 is 56.2 Å². The SMILES string of the molecule is NS(=O)(=O)c1ccc(CCNC(=O)CSC2=Nc3ccccc3C3=N[C@@H](CCC(=O)NC4CCCCC4)C(=O)N23)cc1. The van der Waals surface area contributed by atoms with E-state index in [1.54, 1.807) is 12.1 Å². The average molecular weight is 611 g/mol. The summed E-state index contributed by atoms with van der Waals surface area (Å²) in [5.41, 5.74) is 2.26. The highest BCUT2D eigenvalue weighted by molar-refractivity contribution is 8.14. The molecule has 2 aromatic rings. The van der Waals surface area contributed by atoms with Crippen LogP contribution >= 0.6 is 11.8 Å². The van der Waals surface area contributed by atoms with E-state index in [0.29, 0.717) is 36.1 Å². The van der Waals surface area contributed by atoms with Gasteiger partial charge in [-0.15, -0.1) is 0 Å². The molecule has 42 heavy (non-hydrogen) atoms. The van der Waals surface area contributed by atoms with Gasteiger partial charge in [0, 0.05) is 24.6 Å². The highest BCUT2D eigenvalue weighted by Gasteiger charge is 2.41. The molecule has 2 aliphatic heterocycles. The van der Waals surface area contributed by atoms with E-state index in [9.17, 15) is 22.8 Å². The molecule has 222 valence electrons. The summed E-state index contributed by atoms with van der Waals surface area (Å²) in [7, 11) is -3.75. The van der Waals surface area contributed by atoms with Crippen molar-refractivity contribution in [3.05, 3.63) is 59.7 Å². The van der Waals surface area contributed by atoms with Crippen LogP contribution in [0.1, 0.15) is 56.1 Å². The van der Waals surface area contributed by atoms with E-state index >= 15 is 0 Å². The maximum Gasteiger partial charge on any atom is 0.259 e. The van der Waals surface area contributed by atoms with Crippen LogP contribution < -0.4 is 15.8 Å². The number of nitrogens with one attached hydrogen (secondary N) is 2. The largest absolute Gasteiger partial charge is 0.355 e. The molecule has 3 aliphatic rings. The van der Waals surface area contributed by atoms with E-state index < -0.39 is 16.1 Å². The quantitative estimate of drug-likeness (QED) is 0.374. The number of carbonyl (C=O) groups is 3. The van der Waals surface area contributed by atoms with Gasteiger partial charge in [0.15, 0.2) is 5.17 Å². The Hall–Kier alpha value is -3.55. The lowest BCUT2D eigenvalue weighted by molar-refractivity contribution is -0.125. The standard InChI is InChI=1S/C29H34N6O5S2/c30-42(39,40)21-12-10-19(11-13-21)16-17-31-26(37)18-41-29-34-23-9-5-4-8-22(23)27-33-24(28(38)35(27)29)14-15-25(36)32-20-6-2-1-3-7-20/h4-5,8-13,20,24H,1-3,6-7,14-18H2,(H,31,37)(H,32,36)(H2,30,39,40)/t24-/m0/s1. The Morgan fingerprint density at radius 2 is 1.76 bits per heavy atom. The smallest absolute Gasteiger partial charge is 0.259 e. The van der Waals surface area contributed by atoms with Gasteiger partial charge in [-0.1, -0.05) is 55.3 Å². The van der Waals surface area contributed by atoms with Gasteiger partial charge in [0.1, 0.15) is 11.9 Å². The number of primary sulfonamides is 1. The van der Waals surface area contributed by atoms with Crippen LogP contribution in [0.5, 0.6) is 0 Å². The summed E-state index contributed by atoms with van der Waals surface area (Å²) in [6.45, 7) is 0.351. The van der Waals surface area contributed by atoms with Gasteiger partial charge in [-0.2, -0.15) is 0 Å². The molecule has 1 atom stereocenters. The summed E-state index contributed by atoms with van der Waals surface area (Å²) in [4.78, 5) is 49.5. The molecule has 0 radical (unpaired) electrons. The number of amidine groups is 2. The van der Waals surface area contributed by atoms with Crippen LogP contribution in [0.25, 0.3) is 0 Å². The summed E-state index contributed by atoms with van der Waals surface area (Å²) in [6.07, 6.45) is 6.49. The van der Waals surface area contributed by atoms with E-state index in [1.807, 2.05) is 24.3 Å². The number of fused-ring (bicyclic) bond motifs is 3. The van der Waals surface area contributed by atoms with Gasteiger partial charge in [-0.05, 0) is 55.5 Å². The van der Waals surface area contributed by atoms with Crippen LogP contribution in [0.3, 0.4) is 0 Å². The van der Waals surface area contributed by atoms with Crippen molar-refractivity contribution in [2.45, 2.75) is 68.3 Å². The fourth-order valence-corrected chi connectivity index (χ4v) is 6.62. The molecule has 0 bridgehead atoms. The van der Waals surface area contributed by atoms with E-state index in [1.165, 1.54) is 23.5 Å². The van der Waals surface area contributed by atoms with Gasteiger partial charge in [0.25, 0.3) is 5.91 Å². The first kappa shape index (κ1) is 29.9. The van der Waals surface area contributed by atoms with E-state index in [0.717, 1.165) is 48.6 Å². The molecule has 1 aliphatic carbocycles. The van der Waals surface area contributed by atoms with Crippen LogP contribution in [0.15, 0.2) is 63.4 Å². The first-order chi connectivity index (χ1) is 20.2. The summed E-state index contributed by atoms with van der Waals surface area (Å²) in [6, 6.07) is 13.1. The predicted molar refractivity (Wildman–Crippen MR) is 162 cm³/mol. The Morgan fingerprint density at radius 3 is 2.50 bits per heavy atom. The zero-order valence-corrected chi connectivity index (χ0v) is 24.8. The molecule has 2 aromatic carbocycles. The number of hydrogen-bond donors (Lipinski definition) is 3. The van der Waals surface area contributed by atoms with Crippen LogP contribution in [-0.2, 0) is 30.8 Å². The van der Waals surface area contributed by atoms with Crippen molar-refractivity contribution in [1.82, 2.24) is 15.5 Å². The molecule has 0 spiro atoms. The van der Waals surface area contributed by atoms with Gasteiger partial charge in [-0.25, -0.2) is 23.4 Å². The molecule has 0 aromatic heterocycles. The van der Waals surface area contributed by atoms with Gasteiger partial charge in [0.2, 0.25) is 21.8 Å². The Bertz CT molecular complexity index is 1520. The van der Waals surface area contributed by atoms with Crippen LogP contribution in [0.4, 0.5) is 5.69 Å². The first-order valence-electron chi connectivity index (χ1n) is 14.1. The molecular formula is C29H34N6O5S2. The van der Waals surface area contributed by atoms with Crippen molar-refractivity contribution in [1.29, 1.82) is 0 Å². The minimum Gasteiger partial charge on any atom is -0.355 e. The third-order valence-electron chi connectivity index (χ3n) is 7.48. The number of amides is 3. The zero-order valence-electron chi connectivity index (χ0n) is 23.1. The zero-order chi connectivity index (χ0) is 29.7. The van der Waals surface area contributed by atoms with Gasteiger partial charge in [0.05, 0.1) is 16.3 Å². The normalized spacial score (nSPS) is 18.5. The van der Waals surface area contributed by atoms with E-state index in [-0.39, 0.29) is 40.8 Å². The van der Waals surface area contributed by atoms with Crippen molar-refractivity contribution in [3.8, 4) is 0 Å². The highest BCUT2D eigenvalue weighted by atomic mass is 32.2. The molecule has 11 nitrogen and oxygen atoms in total. The molecule has 5 rings (SSSR count). The second-order valence-electron chi connectivity index (χ2n) is 10.6. The van der Waals surface area contributed by atoms with E-state index in [2.05, 4.69) is 15.6 Å². The number of thioether (sulfide) groups is 1.